The first kappa shape index (κ1) is 16.6. The van der Waals surface area contributed by atoms with Gasteiger partial charge in [0.1, 0.15) is 5.75 Å². The van der Waals surface area contributed by atoms with Crippen LogP contribution >= 0.6 is 0 Å². The third-order valence-corrected chi connectivity index (χ3v) is 4.93. The van der Waals surface area contributed by atoms with Gasteiger partial charge in [-0.3, -0.25) is 4.98 Å². The first-order chi connectivity index (χ1) is 12.4. The lowest BCUT2D eigenvalue weighted by atomic mass is 10.1. The van der Waals surface area contributed by atoms with Crippen LogP contribution in [-0.2, 0) is 0 Å². The van der Waals surface area contributed by atoms with Crippen molar-refractivity contribution in [3.8, 4) is 17.0 Å². The predicted molar refractivity (Wildman–Crippen MR) is 95.4 cm³/mol. The van der Waals surface area contributed by atoms with Crippen LogP contribution in [0.25, 0.3) is 22.2 Å². The summed E-state index contributed by atoms with van der Waals surface area (Å²) in [6.45, 7) is 0. The molecule has 1 aliphatic rings. The molecular weight excluding hydrogens is 338 g/mol. The smallest absolute Gasteiger partial charge is 0.250 e. The number of nitrogens with zero attached hydrogens (tertiary/aromatic N) is 4. The highest BCUT2D eigenvalue weighted by atomic mass is 19.3. The van der Waals surface area contributed by atoms with Gasteiger partial charge in [0.15, 0.2) is 5.82 Å². The second kappa shape index (κ2) is 6.16. The van der Waals surface area contributed by atoms with Gasteiger partial charge in [-0.15, -0.1) is 10.2 Å². The monoisotopic (exact) mass is 356 g/mol. The van der Waals surface area contributed by atoms with Crippen molar-refractivity contribution < 1.29 is 13.9 Å². The van der Waals surface area contributed by atoms with Gasteiger partial charge in [0.25, 0.3) is 0 Å². The Morgan fingerprint density at radius 1 is 1.19 bits per heavy atom. The minimum Gasteiger partial charge on any atom is -0.507 e. The van der Waals surface area contributed by atoms with Gasteiger partial charge in [-0.1, -0.05) is 6.07 Å². The number of hydrogen-bond donors (Lipinski definition) is 1. The van der Waals surface area contributed by atoms with Crippen molar-refractivity contribution in [2.75, 3.05) is 11.9 Å². The first-order valence-electron chi connectivity index (χ1n) is 8.45. The molecule has 134 valence electrons. The molecular formula is C19H18F2N4O. The number of benzene rings is 1. The Kier molecular flexibility index (Phi) is 3.94. The summed E-state index contributed by atoms with van der Waals surface area (Å²) in [5.41, 5.74) is 1.78. The molecule has 2 heterocycles. The van der Waals surface area contributed by atoms with E-state index < -0.39 is 5.92 Å². The van der Waals surface area contributed by atoms with E-state index in [0.29, 0.717) is 23.5 Å². The van der Waals surface area contributed by atoms with Crippen LogP contribution in [0.15, 0.2) is 42.6 Å². The van der Waals surface area contributed by atoms with Crippen molar-refractivity contribution in [1.82, 2.24) is 15.2 Å². The first-order valence-corrected chi connectivity index (χ1v) is 8.45. The van der Waals surface area contributed by atoms with Crippen LogP contribution in [0.4, 0.5) is 14.6 Å². The maximum Gasteiger partial charge on any atom is 0.250 e. The summed E-state index contributed by atoms with van der Waals surface area (Å²) in [5, 5.41) is 19.5. The van der Waals surface area contributed by atoms with E-state index in [1.807, 2.05) is 6.07 Å². The quantitative estimate of drug-likeness (QED) is 0.768. The summed E-state index contributed by atoms with van der Waals surface area (Å²) in [6, 6.07) is 10.3. The van der Waals surface area contributed by atoms with E-state index in [2.05, 4.69) is 15.2 Å². The number of anilines is 1. The molecule has 3 aromatic rings. The molecule has 0 spiro atoms. The van der Waals surface area contributed by atoms with Gasteiger partial charge >= 0.3 is 0 Å². The minimum atomic E-state index is -2.60. The van der Waals surface area contributed by atoms with Crippen molar-refractivity contribution in [3.05, 3.63) is 42.6 Å². The molecule has 0 unspecified atom stereocenters. The van der Waals surface area contributed by atoms with Crippen LogP contribution in [0, 0.1) is 0 Å². The minimum absolute atomic E-state index is 0.0918. The van der Waals surface area contributed by atoms with Gasteiger partial charge in [0, 0.05) is 43.1 Å². The SMILES string of the molecule is CN(c1ccc(-c2cc3ncccc3cc2O)nn1)[C@@H]1CCC(F)(F)C1. The van der Waals surface area contributed by atoms with E-state index in [9.17, 15) is 13.9 Å². The summed E-state index contributed by atoms with van der Waals surface area (Å²) in [7, 11) is 1.76. The second-order valence-corrected chi connectivity index (χ2v) is 6.71. The molecule has 7 heteroatoms. The molecule has 1 saturated carbocycles. The molecule has 5 nitrogen and oxygen atoms in total. The van der Waals surface area contributed by atoms with Crippen LogP contribution < -0.4 is 4.90 Å². The third-order valence-electron chi connectivity index (χ3n) is 4.93. The van der Waals surface area contributed by atoms with Gasteiger partial charge in [0.2, 0.25) is 5.92 Å². The number of fused-ring (bicyclic) bond motifs is 1. The van der Waals surface area contributed by atoms with Crippen LogP contribution in [-0.4, -0.2) is 39.3 Å². The maximum atomic E-state index is 13.4. The third kappa shape index (κ3) is 3.05. The van der Waals surface area contributed by atoms with E-state index >= 15 is 0 Å². The van der Waals surface area contributed by atoms with Gasteiger partial charge < -0.3 is 10.0 Å². The van der Waals surface area contributed by atoms with Gasteiger partial charge in [-0.25, -0.2) is 8.78 Å². The van der Waals surface area contributed by atoms with Crippen LogP contribution in [0.1, 0.15) is 19.3 Å². The summed E-state index contributed by atoms with van der Waals surface area (Å²) >= 11 is 0. The Morgan fingerprint density at radius 2 is 2.04 bits per heavy atom. The van der Waals surface area contributed by atoms with Gasteiger partial charge in [-0.2, -0.15) is 0 Å². The topological polar surface area (TPSA) is 62.1 Å². The lowest BCUT2D eigenvalue weighted by Crippen LogP contribution is -2.31. The second-order valence-electron chi connectivity index (χ2n) is 6.71. The average Bonchev–Trinajstić information content (AvgIpc) is 3.00. The fraction of sp³-hybridized carbons (Fsp3) is 0.316. The molecule has 1 atom stereocenters. The Balaban J connectivity index is 1.61. The fourth-order valence-corrected chi connectivity index (χ4v) is 3.41. The molecule has 0 radical (unpaired) electrons. The lowest BCUT2D eigenvalue weighted by molar-refractivity contribution is 0.00786. The fourth-order valence-electron chi connectivity index (χ4n) is 3.41. The van der Waals surface area contributed by atoms with E-state index in [1.54, 1.807) is 48.5 Å². The number of hydrogen-bond acceptors (Lipinski definition) is 5. The highest BCUT2D eigenvalue weighted by Crippen LogP contribution is 2.38. The zero-order valence-electron chi connectivity index (χ0n) is 14.2. The van der Waals surface area contributed by atoms with E-state index in [0.717, 1.165) is 10.9 Å². The molecule has 0 bridgehead atoms. The number of phenols is 1. The molecule has 26 heavy (non-hydrogen) atoms. The molecule has 0 aliphatic heterocycles. The van der Waals surface area contributed by atoms with Crippen molar-refractivity contribution >= 4 is 16.7 Å². The molecule has 0 amide bonds. The number of phenolic OH excluding ortho intramolecular Hbond substituents is 1. The number of rotatable bonds is 3. The number of alkyl halides is 2. The molecule has 1 aromatic carbocycles. The summed E-state index contributed by atoms with van der Waals surface area (Å²) in [4.78, 5) is 6.03. The Labute approximate surface area is 149 Å². The standard InChI is InChI=1S/C19H18F2N4O/c1-25(13-6-7-19(20,21)11-13)18-5-4-15(23-24-18)14-10-16-12(9-17(14)26)3-2-8-22-16/h2-5,8-10,13,26H,6-7,11H2,1H3/t13-/m1/s1. The normalized spacial score (nSPS) is 19.0. The lowest BCUT2D eigenvalue weighted by Gasteiger charge is -2.25. The van der Waals surface area contributed by atoms with Crippen LogP contribution in [0.5, 0.6) is 5.75 Å². The average molecular weight is 356 g/mol. The summed E-state index contributed by atoms with van der Waals surface area (Å²) in [6.07, 6.45) is 1.86. The Bertz CT molecular complexity index is 946. The maximum absolute atomic E-state index is 13.4. The zero-order valence-corrected chi connectivity index (χ0v) is 14.2. The molecule has 1 fully saturated rings. The highest BCUT2D eigenvalue weighted by Gasteiger charge is 2.41. The van der Waals surface area contributed by atoms with Crippen molar-refractivity contribution in [2.45, 2.75) is 31.2 Å². The largest absolute Gasteiger partial charge is 0.507 e. The number of halogens is 2. The van der Waals surface area contributed by atoms with Crippen molar-refractivity contribution in [2.24, 2.45) is 0 Å². The number of pyridine rings is 1. The molecule has 0 saturated heterocycles. The summed E-state index contributed by atoms with van der Waals surface area (Å²) < 4.78 is 26.9. The molecule has 1 aliphatic carbocycles. The van der Waals surface area contributed by atoms with Crippen molar-refractivity contribution in [1.29, 1.82) is 0 Å². The number of aromatic nitrogens is 3. The van der Waals surface area contributed by atoms with Crippen LogP contribution in [0.2, 0.25) is 0 Å². The number of aromatic hydroxyl groups is 1. The molecule has 2 aromatic heterocycles. The summed E-state index contributed by atoms with van der Waals surface area (Å²) in [5.74, 6) is -1.97. The molecule has 4 rings (SSSR count). The van der Waals surface area contributed by atoms with E-state index in [-0.39, 0.29) is 24.6 Å². The zero-order chi connectivity index (χ0) is 18.3. The van der Waals surface area contributed by atoms with Gasteiger partial charge in [-0.05, 0) is 36.8 Å². The van der Waals surface area contributed by atoms with E-state index in [1.165, 1.54) is 0 Å². The molecule has 1 N–H and O–H groups in total. The highest BCUT2D eigenvalue weighted by molar-refractivity contribution is 5.87. The Hall–Kier alpha value is -2.83. The predicted octanol–water partition coefficient (Wildman–Crippen LogP) is 4.02. The Morgan fingerprint density at radius 3 is 2.73 bits per heavy atom. The van der Waals surface area contributed by atoms with Crippen LogP contribution in [0.3, 0.4) is 0 Å². The van der Waals surface area contributed by atoms with E-state index in [4.69, 9.17) is 0 Å². The van der Waals surface area contributed by atoms with Gasteiger partial charge in [0.05, 0.1) is 11.2 Å². The van der Waals surface area contributed by atoms with Crippen molar-refractivity contribution in [3.63, 3.8) is 0 Å².